The Hall–Kier alpha value is -3.39. The van der Waals surface area contributed by atoms with Crippen molar-refractivity contribution >= 4 is 35.4 Å². The van der Waals surface area contributed by atoms with Gasteiger partial charge in [0.25, 0.3) is 11.8 Å². The molecule has 1 aliphatic heterocycles. The van der Waals surface area contributed by atoms with Crippen LogP contribution in [-0.4, -0.2) is 35.4 Å². The molecule has 2 fully saturated rings. The Morgan fingerprint density at radius 2 is 1.67 bits per heavy atom. The number of imide groups is 1. The van der Waals surface area contributed by atoms with Crippen LogP contribution >= 0.6 is 11.6 Å². The van der Waals surface area contributed by atoms with Gasteiger partial charge in [-0.15, -0.1) is 0 Å². The van der Waals surface area contributed by atoms with Gasteiger partial charge in [-0.2, -0.15) is 5.01 Å². The molecule has 0 bridgehead atoms. The highest BCUT2D eigenvalue weighted by Gasteiger charge is 2.50. The fourth-order valence-corrected chi connectivity index (χ4v) is 4.62. The zero-order valence-electron chi connectivity index (χ0n) is 18.1. The third kappa shape index (κ3) is 4.18. The highest BCUT2D eigenvalue weighted by atomic mass is 35.5. The number of hydrogen-bond acceptors (Lipinski definition) is 5. The van der Waals surface area contributed by atoms with Gasteiger partial charge in [-0.25, -0.2) is 4.79 Å². The Kier molecular flexibility index (Phi) is 6.12. The lowest BCUT2D eigenvalue weighted by Crippen LogP contribution is -2.49. The van der Waals surface area contributed by atoms with Gasteiger partial charge in [0, 0.05) is 5.02 Å². The summed E-state index contributed by atoms with van der Waals surface area (Å²) in [5, 5.41) is 3.78. The van der Waals surface area contributed by atoms with Crippen LogP contribution in [0.2, 0.25) is 5.02 Å². The molecular formula is C24H24ClN3O5. The second-order valence-electron chi connectivity index (χ2n) is 8.47. The summed E-state index contributed by atoms with van der Waals surface area (Å²) in [5.41, 5.74) is 1.47. The molecule has 4 rings (SSSR count). The molecule has 2 aromatic carbocycles. The highest BCUT2D eigenvalue weighted by molar-refractivity contribution is 6.30. The van der Waals surface area contributed by atoms with E-state index in [1.54, 1.807) is 61.5 Å². The van der Waals surface area contributed by atoms with Crippen molar-refractivity contribution in [2.75, 3.05) is 6.61 Å². The summed E-state index contributed by atoms with van der Waals surface area (Å²) in [6.45, 7) is 0.942. The van der Waals surface area contributed by atoms with Crippen molar-refractivity contribution in [1.29, 1.82) is 0 Å². The number of benzene rings is 2. The first-order valence-corrected chi connectivity index (χ1v) is 11.1. The number of esters is 1. The number of carbonyl (C=O) groups is 4. The lowest BCUT2D eigenvalue weighted by atomic mass is 9.79. The maximum absolute atomic E-state index is 13.0. The zero-order chi connectivity index (χ0) is 23.6. The van der Waals surface area contributed by atoms with Crippen LogP contribution in [0.4, 0.5) is 4.79 Å². The lowest BCUT2D eigenvalue weighted by molar-refractivity contribution is -0.155. The van der Waals surface area contributed by atoms with E-state index < -0.39 is 41.4 Å². The van der Waals surface area contributed by atoms with Crippen molar-refractivity contribution in [2.24, 2.45) is 0 Å². The van der Waals surface area contributed by atoms with Gasteiger partial charge in [0.1, 0.15) is 5.54 Å². The molecule has 1 heterocycles. The number of urea groups is 1. The maximum atomic E-state index is 13.0. The monoisotopic (exact) mass is 469 g/mol. The van der Waals surface area contributed by atoms with Gasteiger partial charge in [-0.3, -0.25) is 19.8 Å². The van der Waals surface area contributed by atoms with E-state index in [2.05, 4.69) is 10.7 Å². The SMILES string of the molecule is C[C@]1(c2ccccc2)NC(=O)N(NC(=O)COC(=O)C2(c3ccc(Cl)cc3)CCCC2)C1=O. The topological polar surface area (TPSA) is 105 Å². The molecule has 0 radical (unpaired) electrons. The predicted molar refractivity (Wildman–Crippen MR) is 120 cm³/mol. The molecule has 1 saturated carbocycles. The highest BCUT2D eigenvalue weighted by Crippen LogP contribution is 2.42. The number of carbonyl (C=O) groups excluding carboxylic acids is 4. The summed E-state index contributed by atoms with van der Waals surface area (Å²) in [4.78, 5) is 50.8. The van der Waals surface area contributed by atoms with Gasteiger partial charge in [0.05, 0.1) is 5.41 Å². The largest absolute Gasteiger partial charge is 0.455 e. The first kappa shape index (κ1) is 22.8. The van der Waals surface area contributed by atoms with Crippen LogP contribution in [0, 0.1) is 0 Å². The van der Waals surface area contributed by atoms with Crippen molar-refractivity contribution in [3.05, 3.63) is 70.7 Å². The second kappa shape index (κ2) is 8.86. The van der Waals surface area contributed by atoms with Crippen LogP contribution in [0.1, 0.15) is 43.7 Å². The van der Waals surface area contributed by atoms with E-state index >= 15 is 0 Å². The third-order valence-electron chi connectivity index (χ3n) is 6.36. The summed E-state index contributed by atoms with van der Waals surface area (Å²) in [5.74, 6) is -1.93. The molecule has 9 heteroatoms. The number of nitrogens with one attached hydrogen (secondary N) is 2. The van der Waals surface area contributed by atoms with Crippen molar-refractivity contribution in [3.63, 3.8) is 0 Å². The van der Waals surface area contributed by atoms with Crippen LogP contribution < -0.4 is 10.7 Å². The summed E-state index contributed by atoms with van der Waals surface area (Å²) in [7, 11) is 0. The molecule has 2 aliphatic rings. The Bertz CT molecular complexity index is 1080. The van der Waals surface area contributed by atoms with E-state index in [1.807, 2.05) is 0 Å². The molecule has 0 unspecified atom stereocenters. The smallest absolute Gasteiger partial charge is 0.344 e. The van der Waals surface area contributed by atoms with Gasteiger partial charge in [0.15, 0.2) is 6.61 Å². The third-order valence-corrected chi connectivity index (χ3v) is 6.61. The van der Waals surface area contributed by atoms with E-state index in [1.165, 1.54) is 0 Å². The molecule has 1 atom stereocenters. The zero-order valence-corrected chi connectivity index (χ0v) is 18.9. The molecule has 2 N–H and O–H groups in total. The molecular weight excluding hydrogens is 446 g/mol. The molecule has 0 aromatic heterocycles. The Labute approximate surface area is 196 Å². The van der Waals surface area contributed by atoms with E-state index in [9.17, 15) is 19.2 Å². The molecule has 33 heavy (non-hydrogen) atoms. The second-order valence-corrected chi connectivity index (χ2v) is 8.91. The fourth-order valence-electron chi connectivity index (χ4n) is 4.49. The Balaban J connectivity index is 1.41. The van der Waals surface area contributed by atoms with Crippen molar-refractivity contribution in [1.82, 2.24) is 15.8 Å². The molecule has 1 saturated heterocycles. The number of hydrazine groups is 1. The number of rotatable bonds is 6. The number of amides is 4. The van der Waals surface area contributed by atoms with E-state index in [-0.39, 0.29) is 0 Å². The quantitative estimate of drug-likeness (QED) is 0.499. The van der Waals surface area contributed by atoms with Crippen LogP contribution in [-0.2, 0) is 30.1 Å². The predicted octanol–water partition coefficient (Wildman–Crippen LogP) is 3.19. The molecule has 172 valence electrons. The van der Waals surface area contributed by atoms with Crippen LogP contribution in [0.15, 0.2) is 54.6 Å². The summed E-state index contributed by atoms with van der Waals surface area (Å²) in [6.07, 6.45) is 2.95. The lowest BCUT2D eigenvalue weighted by Gasteiger charge is -2.27. The molecule has 0 spiro atoms. The first-order valence-electron chi connectivity index (χ1n) is 10.7. The van der Waals surface area contributed by atoms with E-state index in [0.717, 1.165) is 18.4 Å². The van der Waals surface area contributed by atoms with Crippen LogP contribution in [0.3, 0.4) is 0 Å². The van der Waals surface area contributed by atoms with Crippen LogP contribution in [0.25, 0.3) is 0 Å². The van der Waals surface area contributed by atoms with Gasteiger partial charge in [0.2, 0.25) is 0 Å². The average Bonchev–Trinajstić information content (AvgIpc) is 3.39. The minimum Gasteiger partial charge on any atom is -0.455 e. The molecule has 1 aliphatic carbocycles. The van der Waals surface area contributed by atoms with Gasteiger partial charge in [-0.1, -0.05) is 66.9 Å². The molecule has 8 nitrogen and oxygen atoms in total. The van der Waals surface area contributed by atoms with E-state index in [4.69, 9.17) is 16.3 Å². The van der Waals surface area contributed by atoms with Crippen molar-refractivity contribution in [2.45, 2.75) is 43.6 Å². The summed E-state index contributed by atoms with van der Waals surface area (Å²) >= 11 is 5.98. The Morgan fingerprint density at radius 3 is 2.30 bits per heavy atom. The number of nitrogens with zero attached hydrogens (tertiary/aromatic N) is 1. The number of halogens is 1. The minimum atomic E-state index is -1.31. The average molecular weight is 470 g/mol. The first-order chi connectivity index (χ1) is 15.8. The number of hydrogen-bond donors (Lipinski definition) is 2. The Morgan fingerprint density at radius 1 is 1.03 bits per heavy atom. The summed E-state index contributed by atoms with van der Waals surface area (Å²) in [6, 6.07) is 15.0. The van der Waals surface area contributed by atoms with Gasteiger partial charge >= 0.3 is 12.0 Å². The minimum absolute atomic E-state index is 0.510. The number of ether oxygens (including phenoxy) is 1. The van der Waals surface area contributed by atoms with Crippen molar-refractivity contribution in [3.8, 4) is 0 Å². The molecule has 2 aromatic rings. The normalized spacial score (nSPS) is 21.6. The standard InChI is InChI=1S/C24H24ClN3O5/c1-23(16-7-3-2-4-8-16)20(30)28(22(32)26-23)27-19(29)15-33-21(31)24(13-5-6-14-24)17-9-11-18(25)12-10-17/h2-4,7-12H,5-6,13-15H2,1H3,(H,26,32)(H,27,29)/t23-/m1/s1. The summed E-state index contributed by atoms with van der Waals surface area (Å²) < 4.78 is 5.34. The van der Waals surface area contributed by atoms with Gasteiger partial charge in [-0.05, 0) is 43.0 Å². The molecule has 4 amide bonds. The fraction of sp³-hybridized carbons (Fsp3) is 0.333. The van der Waals surface area contributed by atoms with Gasteiger partial charge < -0.3 is 10.1 Å². The van der Waals surface area contributed by atoms with Crippen LogP contribution in [0.5, 0.6) is 0 Å². The van der Waals surface area contributed by atoms with E-state index in [0.29, 0.717) is 28.4 Å². The van der Waals surface area contributed by atoms with Crippen molar-refractivity contribution < 1.29 is 23.9 Å². The maximum Gasteiger partial charge on any atom is 0.344 e.